The lowest BCUT2D eigenvalue weighted by Crippen LogP contribution is -2.49. The summed E-state index contributed by atoms with van der Waals surface area (Å²) in [5.74, 6) is 0.295. The molecule has 1 aromatic rings. The van der Waals surface area contributed by atoms with Crippen LogP contribution in [0.1, 0.15) is 31.2 Å². The highest BCUT2D eigenvalue weighted by atomic mass is 16.2. The maximum absolute atomic E-state index is 12.8. The number of likely N-dealkylation sites (tertiary alicyclic amines) is 1. The van der Waals surface area contributed by atoms with Crippen molar-refractivity contribution in [3.8, 4) is 0 Å². The van der Waals surface area contributed by atoms with Crippen molar-refractivity contribution in [1.29, 1.82) is 0 Å². The molecule has 1 N–H and O–H groups in total. The van der Waals surface area contributed by atoms with Crippen molar-refractivity contribution < 1.29 is 4.79 Å². The second-order valence-electron chi connectivity index (χ2n) is 6.60. The first-order chi connectivity index (χ1) is 10.8. The monoisotopic (exact) mass is 301 g/mol. The Morgan fingerprint density at radius 1 is 1.27 bits per heavy atom. The fourth-order valence-electron chi connectivity index (χ4n) is 3.30. The molecule has 3 rings (SSSR count). The highest BCUT2D eigenvalue weighted by molar-refractivity contribution is 5.79. The van der Waals surface area contributed by atoms with Crippen LogP contribution in [0.4, 0.5) is 0 Å². The fraction of sp³-hybridized carbons (Fsp3) is 0.611. The SMILES string of the molecule is CNC1CCCN(CC(=O)N(Cc2ccccc2)C2CC2)C1. The highest BCUT2D eigenvalue weighted by Gasteiger charge is 2.33. The third kappa shape index (κ3) is 4.08. The molecule has 1 saturated carbocycles. The normalized spacial score (nSPS) is 22.5. The number of carbonyl (C=O) groups excluding carboxylic acids is 1. The van der Waals surface area contributed by atoms with E-state index in [1.807, 2.05) is 25.2 Å². The maximum Gasteiger partial charge on any atom is 0.237 e. The van der Waals surface area contributed by atoms with E-state index in [9.17, 15) is 4.79 Å². The molecule has 1 atom stereocenters. The first-order valence-electron chi connectivity index (χ1n) is 8.49. The quantitative estimate of drug-likeness (QED) is 0.871. The molecule has 0 bridgehead atoms. The Hall–Kier alpha value is -1.39. The van der Waals surface area contributed by atoms with Crippen LogP contribution in [0.2, 0.25) is 0 Å². The summed E-state index contributed by atoms with van der Waals surface area (Å²) in [5, 5.41) is 3.34. The van der Waals surface area contributed by atoms with E-state index in [1.54, 1.807) is 0 Å². The van der Waals surface area contributed by atoms with Crippen LogP contribution in [0.5, 0.6) is 0 Å². The number of rotatable bonds is 6. The predicted molar refractivity (Wildman–Crippen MR) is 88.5 cm³/mol. The molecule has 2 aliphatic rings. The molecule has 1 saturated heterocycles. The van der Waals surface area contributed by atoms with Crippen LogP contribution in [0.15, 0.2) is 30.3 Å². The van der Waals surface area contributed by atoms with Gasteiger partial charge in [-0.1, -0.05) is 30.3 Å². The molecule has 1 amide bonds. The number of piperidine rings is 1. The van der Waals surface area contributed by atoms with Gasteiger partial charge in [-0.2, -0.15) is 0 Å². The number of hydrogen-bond acceptors (Lipinski definition) is 3. The van der Waals surface area contributed by atoms with Crippen molar-refractivity contribution in [2.75, 3.05) is 26.7 Å². The molecule has 1 aliphatic carbocycles. The van der Waals surface area contributed by atoms with Gasteiger partial charge < -0.3 is 10.2 Å². The Morgan fingerprint density at radius 2 is 2.05 bits per heavy atom. The minimum atomic E-state index is 0.295. The van der Waals surface area contributed by atoms with Gasteiger partial charge in [0, 0.05) is 25.2 Å². The fourth-order valence-corrected chi connectivity index (χ4v) is 3.30. The molecular weight excluding hydrogens is 274 g/mol. The Morgan fingerprint density at radius 3 is 2.73 bits per heavy atom. The van der Waals surface area contributed by atoms with E-state index in [4.69, 9.17) is 0 Å². The van der Waals surface area contributed by atoms with Gasteiger partial charge in [-0.3, -0.25) is 9.69 Å². The van der Waals surface area contributed by atoms with E-state index in [0.717, 1.165) is 32.5 Å². The summed E-state index contributed by atoms with van der Waals surface area (Å²) in [7, 11) is 2.02. The summed E-state index contributed by atoms with van der Waals surface area (Å²) < 4.78 is 0. The van der Waals surface area contributed by atoms with Gasteiger partial charge in [0.15, 0.2) is 0 Å². The lowest BCUT2D eigenvalue weighted by atomic mass is 10.1. The molecule has 4 nitrogen and oxygen atoms in total. The molecule has 0 spiro atoms. The zero-order chi connectivity index (χ0) is 15.4. The van der Waals surface area contributed by atoms with Gasteiger partial charge >= 0.3 is 0 Å². The standard InChI is InChI=1S/C18H27N3O/c1-19-16-8-5-11-20(13-16)14-18(22)21(17-9-10-17)12-15-6-3-2-4-7-15/h2-4,6-7,16-17,19H,5,8-14H2,1H3. The average molecular weight is 301 g/mol. The van der Waals surface area contributed by atoms with Crippen molar-refractivity contribution in [3.63, 3.8) is 0 Å². The summed E-state index contributed by atoms with van der Waals surface area (Å²) >= 11 is 0. The molecular formula is C18H27N3O. The Balaban J connectivity index is 1.58. The van der Waals surface area contributed by atoms with Crippen molar-refractivity contribution in [2.24, 2.45) is 0 Å². The molecule has 1 aliphatic heterocycles. The van der Waals surface area contributed by atoms with Crippen molar-refractivity contribution in [2.45, 2.75) is 44.3 Å². The molecule has 4 heteroatoms. The second-order valence-corrected chi connectivity index (χ2v) is 6.60. The Bertz CT molecular complexity index is 486. The van der Waals surface area contributed by atoms with Crippen LogP contribution in [-0.2, 0) is 11.3 Å². The second kappa shape index (κ2) is 7.25. The zero-order valence-corrected chi connectivity index (χ0v) is 13.5. The summed E-state index contributed by atoms with van der Waals surface area (Å²) in [6, 6.07) is 11.3. The van der Waals surface area contributed by atoms with Gasteiger partial charge in [0.2, 0.25) is 5.91 Å². The number of carbonyl (C=O) groups is 1. The van der Waals surface area contributed by atoms with Gasteiger partial charge in [-0.05, 0) is 44.8 Å². The zero-order valence-electron chi connectivity index (χ0n) is 13.5. The van der Waals surface area contributed by atoms with E-state index < -0.39 is 0 Å². The van der Waals surface area contributed by atoms with E-state index in [-0.39, 0.29) is 0 Å². The van der Waals surface area contributed by atoms with Gasteiger partial charge in [0.1, 0.15) is 0 Å². The van der Waals surface area contributed by atoms with E-state index in [1.165, 1.54) is 18.4 Å². The van der Waals surface area contributed by atoms with Crippen LogP contribution < -0.4 is 5.32 Å². The summed E-state index contributed by atoms with van der Waals surface area (Å²) in [6.07, 6.45) is 4.73. The summed E-state index contributed by atoms with van der Waals surface area (Å²) in [6.45, 7) is 3.37. The number of nitrogens with zero attached hydrogens (tertiary/aromatic N) is 2. The molecule has 2 fully saturated rings. The van der Waals surface area contributed by atoms with Crippen molar-refractivity contribution in [3.05, 3.63) is 35.9 Å². The van der Waals surface area contributed by atoms with Gasteiger partial charge in [0.25, 0.3) is 0 Å². The topological polar surface area (TPSA) is 35.6 Å². The van der Waals surface area contributed by atoms with Crippen LogP contribution >= 0.6 is 0 Å². The van der Waals surface area contributed by atoms with Crippen LogP contribution in [0, 0.1) is 0 Å². The van der Waals surface area contributed by atoms with Gasteiger partial charge in [0.05, 0.1) is 6.54 Å². The minimum absolute atomic E-state index is 0.295. The molecule has 0 aromatic heterocycles. The first kappa shape index (κ1) is 15.5. The number of hydrogen-bond donors (Lipinski definition) is 1. The van der Waals surface area contributed by atoms with Crippen molar-refractivity contribution >= 4 is 5.91 Å². The molecule has 120 valence electrons. The molecule has 1 heterocycles. The van der Waals surface area contributed by atoms with Crippen LogP contribution in [-0.4, -0.2) is 54.5 Å². The number of benzene rings is 1. The molecule has 1 aromatic carbocycles. The average Bonchev–Trinajstić information content (AvgIpc) is 3.38. The third-order valence-electron chi connectivity index (χ3n) is 4.78. The lowest BCUT2D eigenvalue weighted by Gasteiger charge is -2.33. The molecule has 0 radical (unpaired) electrons. The lowest BCUT2D eigenvalue weighted by molar-refractivity contribution is -0.134. The minimum Gasteiger partial charge on any atom is -0.334 e. The maximum atomic E-state index is 12.8. The molecule has 22 heavy (non-hydrogen) atoms. The van der Waals surface area contributed by atoms with Crippen LogP contribution in [0.3, 0.4) is 0 Å². The smallest absolute Gasteiger partial charge is 0.237 e. The van der Waals surface area contributed by atoms with E-state index in [0.29, 0.717) is 24.5 Å². The number of amides is 1. The number of nitrogens with one attached hydrogen (secondary N) is 1. The van der Waals surface area contributed by atoms with E-state index in [2.05, 4.69) is 27.2 Å². The predicted octanol–water partition coefficient (Wildman–Crippen LogP) is 1.86. The summed E-state index contributed by atoms with van der Waals surface area (Å²) in [5.41, 5.74) is 1.23. The summed E-state index contributed by atoms with van der Waals surface area (Å²) in [4.78, 5) is 17.2. The Kier molecular flexibility index (Phi) is 5.11. The van der Waals surface area contributed by atoms with Crippen LogP contribution in [0.25, 0.3) is 0 Å². The van der Waals surface area contributed by atoms with Gasteiger partial charge in [-0.25, -0.2) is 0 Å². The first-order valence-corrected chi connectivity index (χ1v) is 8.49. The van der Waals surface area contributed by atoms with Crippen molar-refractivity contribution in [1.82, 2.24) is 15.1 Å². The Labute approximate surface area is 133 Å². The molecule has 1 unspecified atom stereocenters. The third-order valence-corrected chi connectivity index (χ3v) is 4.78. The van der Waals surface area contributed by atoms with Gasteiger partial charge in [-0.15, -0.1) is 0 Å². The highest BCUT2D eigenvalue weighted by Crippen LogP contribution is 2.28. The number of likely N-dealkylation sites (N-methyl/N-ethyl adjacent to an activating group) is 1. The van der Waals surface area contributed by atoms with E-state index >= 15 is 0 Å². The largest absolute Gasteiger partial charge is 0.334 e.